The van der Waals surface area contributed by atoms with Gasteiger partial charge in [-0.1, -0.05) is 17.7 Å². The Labute approximate surface area is 110 Å². The van der Waals surface area contributed by atoms with Gasteiger partial charge in [0.1, 0.15) is 0 Å². The summed E-state index contributed by atoms with van der Waals surface area (Å²) in [6, 6.07) is 0. The van der Waals surface area contributed by atoms with Crippen LogP contribution in [0.1, 0.15) is 44.9 Å². The van der Waals surface area contributed by atoms with Crippen molar-refractivity contribution in [1.29, 1.82) is 0 Å². The lowest BCUT2D eigenvalue weighted by molar-refractivity contribution is 0.443. The van der Waals surface area contributed by atoms with Gasteiger partial charge in [-0.2, -0.15) is 0 Å². The van der Waals surface area contributed by atoms with Crippen LogP contribution in [0.2, 0.25) is 0 Å². The monoisotopic (exact) mass is 244 g/mol. The Bertz CT molecular complexity index is 373. The number of hydrogen-bond acceptors (Lipinski definition) is 2. The summed E-state index contributed by atoms with van der Waals surface area (Å²) in [6.07, 6.45) is 15.9. The molecule has 1 saturated heterocycles. The Morgan fingerprint density at radius 2 is 2.06 bits per heavy atom. The highest BCUT2D eigenvalue weighted by Gasteiger charge is 2.29. The van der Waals surface area contributed by atoms with Gasteiger partial charge >= 0.3 is 0 Å². The predicted molar refractivity (Wildman–Crippen MR) is 76.8 cm³/mol. The molecule has 0 spiro atoms. The Hall–Kier alpha value is -0.890. The van der Waals surface area contributed by atoms with Crippen LogP contribution in [-0.2, 0) is 0 Å². The minimum Gasteiger partial charge on any atom is -0.317 e. The molecule has 0 bridgehead atoms. The summed E-state index contributed by atoms with van der Waals surface area (Å²) in [5.74, 6) is 1.36. The zero-order valence-electron chi connectivity index (χ0n) is 11.2. The molecule has 1 N–H and O–H groups in total. The highest BCUT2D eigenvalue weighted by atomic mass is 14.9. The lowest BCUT2D eigenvalue weighted by Crippen LogP contribution is -2.36. The maximum atomic E-state index is 4.78. The van der Waals surface area contributed by atoms with Crippen molar-refractivity contribution in [2.45, 2.75) is 44.9 Å². The first-order chi connectivity index (χ1) is 8.95. The third-order valence-corrected chi connectivity index (χ3v) is 4.59. The number of rotatable bonds is 2. The smallest absolute Gasteiger partial charge is 0.0285 e. The van der Waals surface area contributed by atoms with Crippen molar-refractivity contribution in [2.24, 2.45) is 16.8 Å². The van der Waals surface area contributed by atoms with E-state index in [-0.39, 0.29) is 0 Å². The first-order valence-corrected chi connectivity index (χ1v) is 7.57. The molecule has 18 heavy (non-hydrogen) atoms. The molecule has 2 aliphatic heterocycles. The molecule has 1 fully saturated rings. The lowest BCUT2D eigenvalue weighted by Gasteiger charge is -2.32. The molecule has 2 heteroatoms. The molecule has 0 amide bonds. The Morgan fingerprint density at radius 1 is 1.17 bits per heavy atom. The number of hydrogen-bond donors (Lipinski definition) is 1. The van der Waals surface area contributed by atoms with Crippen molar-refractivity contribution in [3.8, 4) is 0 Å². The molecule has 3 aliphatic rings. The maximum absolute atomic E-state index is 4.78. The quantitative estimate of drug-likeness (QED) is 0.739. The van der Waals surface area contributed by atoms with Gasteiger partial charge in [-0.05, 0) is 58.0 Å². The van der Waals surface area contributed by atoms with Gasteiger partial charge in [-0.25, -0.2) is 0 Å². The Kier molecular flexibility index (Phi) is 3.94. The predicted octanol–water partition coefficient (Wildman–Crippen LogP) is 3.46. The van der Waals surface area contributed by atoms with Gasteiger partial charge < -0.3 is 5.32 Å². The molecule has 3 rings (SSSR count). The second-order valence-electron chi connectivity index (χ2n) is 5.78. The lowest BCUT2D eigenvalue weighted by atomic mass is 9.76. The molecule has 0 radical (unpaired) electrons. The second-order valence-corrected chi connectivity index (χ2v) is 5.78. The van der Waals surface area contributed by atoms with Crippen LogP contribution >= 0.6 is 0 Å². The fourth-order valence-corrected chi connectivity index (χ4v) is 3.57. The minimum atomic E-state index is 0.637. The fourth-order valence-electron chi connectivity index (χ4n) is 3.57. The molecule has 98 valence electrons. The Balaban J connectivity index is 1.78. The third-order valence-electron chi connectivity index (χ3n) is 4.59. The summed E-state index contributed by atoms with van der Waals surface area (Å²) >= 11 is 0. The van der Waals surface area contributed by atoms with Crippen molar-refractivity contribution in [2.75, 3.05) is 13.1 Å². The van der Waals surface area contributed by atoms with E-state index in [0.717, 1.165) is 5.92 Å². The van der Waals surface area contributed by atoms with Crippen LogP contribution in [-0.4, -0.2) is 18.8 Å². The van der Waals surface area contributed by atoms with E-state index >= 15 is 0 Å². The van der Waals surface area contributed by atoms with Gasteiger partial charge in [0, 0.05) is 23.7 Å². The fraction of sp³-hybridized carbons (Fsp3) is 0.688. The van der Waals surface area contributed by atoms with Crippen molar-refractivity contribution in [3.63, 3.8) is 0 Å². The number of nitrogens with zero attached hydrogens (tertiary/aromatic N) is 1. The molecule has 0 aromatic heterocycles. The Morgan fingerprint density at radius 3 is 2.83 bits per heavy atom. The zero-order valence-corrected chi connectivity index (χ0v) is 11.2. The molecule has 2 nitrogen and oxygen atoms in total. The van der Waals surface area contributed by atoms with Gasteiger partial charge in [0.05, 0.1) is 0 Å². The van der Waals surface area contributed by atoms with E-state index in [4.69, 9.17) is 4.99 Å². The van der Waals surface area contributed by atoms with E-state index in [2.05, 4.69) is 17.5 Å². The van der Waals surface area contributed by atoms with Gasteiger partial charge in [-0.15, -0.1) is 0 Å². The zero-order chi connectivity index (χ0) is 12.2. The summed E-state index contributed by atoms with van der Waals surface area (Å²) in [6.45, 7) is 2.33. The van der Waals surface area contributed by atoms with Crippen LogP contribution in [0.3, 0.4) is 0 Å². The van der Waals surface area contributed by atoms with Gasteiger partial charge in [0.2, 0.25) is 0 Å². The molecule has 0 aromatic rings. The molecule has 1 aliphatic carbocycles. The number of allylic oxidation sites excluding steroid dienone is 3. The van der Waals surface area contributed by atoms with E-state index < -0.39 is 0 Å². The highest BCUT2D eigenvalue weighted by molar-refractivity contribution is 5.92. The molecule has 1 unspecified atom stereocenters. The maximum Gasteiger partial charge on any atom is 0.0285 e. The first kappa shape index (κ1) is 12.2. The van der Waals surface area contributed by atoms with Crippen LogP contribution in [0.15, 0.2) is 28.9 Å². The minimum absolute atomic E-state index is 0.637. The van der Waals surface area contributed by atoms with E-state index in [1.807, 2.05) is 6.20 Å². The van der Waals surface area contributed by atoms with Gasteiger partial charge in [-0.3, -0.25) is 4.99 Å². The largest absolute Gasteiger partial charge is 0.317 e. The van der Waals surface area contributed by atoms with Crippen LogP contribution < -0.4 is 5.32 Å². The molecule has 0 saturated carbocycles. The van der Waals surface area contributed by atoms with E-state index in [1.54, 1.807) is 5.57 Å². The number of nitrogens with one attached hydrogen (secondary N) is 1. The van der Waals surface area contributed by atoms with Crippen LogP contribution in [0.25, 0.3) is 0 Å². The number of piperidine rings is 1. The van der Waals surface area contributed by atoms with Crippen LogP contribution in [0.4, 0.5) is 0 Å². The SMILES string of the molecule is C1=CN=C(C2CCNCC2)C(C2=CCCCC2)C1. The summed E-state index contributed by atoms with van der Waals surface area (Å²) in [5.41, 5.74) is 3.18. The van der Waals surface area contributed by atoms with Crippen molar-refractivity contribution in [1.82, 2.24) is 5.32 Å². The van der Waals surface area contributed by atoms with Gasteiger partial charge in [0.25, 0.3) is 0 Å². The van der Waals surface area contributed by atoms with E-state index in [1.165, 1.54) is 63.7 Å². The van der Waals surface area contributed by atoms with E-state index in [0.29, 0.717) is 5.92 Å². The highest BCUT2D eigenvalue weighted by Crippen LogP contribution is 2.33. The molecule has 1 atom stereocenters. The summed E-state index contributed by atoms with van der Waals surface area (Å²) < 4.78 is 0. The van der Waals surface area contributed by atoms with Crippen molar-refractivity contribution < 1.29 is 0 Å². The summed E-state index contributed by atoms with van der Waals surface area (Å²) in [5, 5.41) is 3.46. The first-order valence-electron chi connectivity index (χ1n) is 7.57. The third kappa shape index (κ3) is 2.59. The van der Waals surface area contributed by atoms with Gasteiger partial charge in [0.15, 0.2) is 0 Å². The second kappa shape index (κ2) is 5.83. The van der Waals surface area contributed by atoms with Crippen LogP contribution in [0, 0.1) is 11.8 Å². The normalized spacial score (nSPS) is 29.9. The van der Waals surface area contributed by atoms with E-state index in [9.17, 15) is 0 Å². The molecular weight excluding hydrogens is 220 g/mol. The molecular formula is C16H24N2. The average Bonchev–Trinajstić information content (AvgIpc) is 2.49. The molecule has 0 aromatic carbocycles. The average molecular weight is 244 g/mol. The summed E-state index contributed by atoms with van der Waals surface area (Å²) in [7, 11) is 0. The molecule has 2 heterocycles. The number of aliphatic imine (C=N–C) groups is 1. The van der Waals surface area contributed by atoms with Crippen molar-refractivity contribution in [3.05, 3.63) is 23.9 Å². The van der Waals surface area contributed by atoms with Crippen LogP contribution in [0.5, 0.6) is 0 Å². The standard InChI is InChI=1S/C16H24N2/c1-2-5-13(6-3-1)15-7-4-10-18-16(15)14-8-11-17-12-9-14/h4-5,10,14-15,17H,1-3,6-9,11-12H2. The van der Waals surface area contributed by atoms with Crippen molar-refractivity contribution >= 4 is 5.71 Å². The summed E-state index contributed by atoms with van der Waals surface area (Å²) in [4.78, 5) is 4.78. The topological polar surface area (TPSA) is 24.4 Å².